The maximum absolute atomic E-state index is 12.7. The second-order valence-electron chi connectivity index (χ2n) is 6.36. The van der Waals surface area contributed by atoms with Crippen molar-refractivity contribution >= 4 is 5.91 Å². The first-order valence-electron chi connectivity index (χ1n) is 9.16. The van der Waals surface area contributed by atoms with Gasteiger partial charge < -0.3 is 23.9 Å². The van der Waals surface area contributed by atoms with Crippen LogP contribution in [-0.4, -0.2) is 80.5 Å². The molecular weight excluding hydrogens is 348 g/mol. The maximum Gasteiger partial charge on any atom is 0.289 e. The van der Waals surface area contributed by atoms with Crippen LogP contribution in [0.1, 0.15) is 10.6 Å². The van der Waals surface area contributed by atoms with Crippen LogP contribution >= 0.6 is 0 Å². The molecule has 2 heterocycles. The Hall–Kier alpha value is -2.35. The van der Waals surface area contributed by atoms with Crippen molar-refractivity contribution in [1.29, 1.82) is 0 Å². The number of aliphatic hydroxyl groups is 1. The number of furan rings is 1. The third-order valence-electron chi connectivity index (χ3n) is 4.64. The summed E-state index contributed by atoms with van der Waals surface area (Å²) in [7, 11) is 1.63. The van der Waals surface area contributed by atoms with Gasteiger partial charge in [0, 0.05) is 38.3 Å². The number of piperazine rings is 1. The molecule has 3 rings (SSSR count). The molecule has 1 aromatic carbocycles. The third-order valence-corrected chi connectivity index (χ3v) is 4.64. The van der Waals surface area contributed by atoms with E-state index in [4.69, 9.17) is 19.0 Å². The van der Waals surface area contributed by atoms with E-state index in [1.54, 1.807) is 13.2 Å². The number of hydrogen-bond donors (Lipinski definition) is 1. The SMILES string of the molecule is COc1ccc(-c2ccc(C(=O)N3CCN(CCOCCO)CC3)o2)cc1. The molecule has 0 aliphatic carbocycles. The van der Waals surface area contributed by atoms with Crippen LogP contribution in [0, 0.1) is 0 Å². The molecule has 1 saturated heterocycles. The van der Waals surface area contributed by atoms with Gasteiger partial charge in [-0.15, -0.1) is 0 Å². The number of ether oxygens (including phenoxy) is 2. The van der Waals surface area contributed by atoms with E-state index in [0.717, 1.165) is 30.9 Å². The van der Waals surface area contributed by atoms with E-state index in [1.807, 2.05) is 35.2 Å². The standard InChI is InChI=1S/C20H26N2O5/c1-25-17-4-2-16(3-5-17)18-6-7-19(27-18)20(24)22-10-8-21(9-11-22)12-14-26-15-13-23/h2-7,23H,8-15H2,1H3. The minimum Gasteiger partial charge on any atom is -0.497 e. The highest BCUT2D eigenvalue weighted by Gasteiger charge is 2.24. The number of benzene rings is 1. The molecule has 7 nitrogen and oxygen atoms in total. The van der Waals surface area contributed by atoms with Crippen molar-refractivity contribution in [3.8, 4) is 17.1 Å². The Kier molecular flexibility index (Phi) is 6.86. The van der Waals surface area contributed by atoms with E-state index >= 15 is 0 Å². The first-order chi connectivity index (χ1) is 13.2. The number of methoxy groups -OCH3 is 1. The molecule has 0 spiro atoms. The molecule has 1 aliphatic heterocycles. The molecular formula is C20H26N2O5. The van der Waals surface area contributed by atoms with Crippen LogP contribution in [0.4, 0.5) is 0 Å². The van der Waals surface area contributed by atoms with E-state index in [0.29, 0.717) is 37.8 Å². The lowest BCUT2D eigenvalue weighted by Crippen LogP contribution is -2.49. The molecule has 0 unspecified atom stereocenters. The van der Waals surface area contributed by atoms with Crippen LogP contribution in [0.3, 0.4) is 0 Å². The van der Waals surface area contributed by atoms with Crippen molar-refractivity contribution < 1.29 is 23.8 Å². The molecule has 1 N–H and O–H groups in total. The second-order valence-corrected chi connectivity index (χ2v) is 6.36. The van der Waals surface area contributed by atoms with Gasteiger partial charge in [0.15, 0.2) is 5.76 Å². The van der Waals surface area contributed by atoms with Gasteiger partial charge in [0.05, 0.1) is 26.9 Å². The minimum atomic E-state index is -0.0778. The number of carbonyl (C=O) groups excluding carboxylic acids is 1. The number of rotatable bonds is 8. The number of amides is 1. The van der Waals surface area contributed by atoms with Crippen LogP contribution in [0.15, 0.2) is 40.8 Å². The molecule has 1 amide bonds. The van der Waals surface area contributed by atoms with Crippen molar-refractivity contribution in [1.82, 2.24) is 9.80 Å². The average Bonchev–Trinajstić information content (AvgIpc) is 3.21. The summed E-state index contributed by atoms with van der Waals surface area (Å²) in [4.78, 5) is 16.8. The number of nitrogens with zero attached hydrogens (tertiary/aromatic N) is 2. The summed E-state index contributed by atoms with van der Waals surface area (Å²) in [5.74, 6) is 1.73. The molecule has 0 radical (unpaired) electrons. The third kappa shape index (κ3) is 5.09. The highest BCUT2D eigenvalue weighted by atomic mass is 16.5. The number of hydrogen-bond acceptors (Lipinski definition) is 6. The lowest BCUT2D eigenvalue weighted by atomic mass is 10.2. The first kappa shape index (κ1) is 19.4. The Morgan fingerprint density at radius 1 is 1.07 bits per heavy atom. The zero-order chi connectivity index (χ0) is 19.1. The summed E-state index contributed by atoms with van der Waals surface area (Å²) in [5.41, 5.74) is 0.905. The molecule has 0 atom stereocenters. The Balaban J connectivity index is 1.52. The summed E-state index contributed by atoms with van der Waals surface area (Å²) < 4.78 is 16.2. The lowest BCUT2D eigenvalue weighted by Gasteiger charge is -2.34. The monoisotopic (exact) mass is 374 g/mol. The van der Waals surface area contributed by atoms with Gasteiger partial charge in [-0.3, -0.25) is 9.69 Å². The Morgan fingerprint density at radius 2 is 1.81 bits per heavy atom. The molecule has 1 aromatic heterocycles. The van der Waals surface area contributed by atoms with Crippen molar-refractivity contribution in [3.63, 3.8) is 0 Å². The summed E-state index contributed by atoms with van der Waals surface area (Å²) in [6.45, 7) is 4.76. The zero-order valence-corrected chi connectivity index (χ0v) is 15.6. The summed E-state index contributed by atoms with van der Waals surface area (Å²) >= 11 is 0. The van der Waals surface area contributed by atoms with Gasteiger partial charge in [0.1, 0.15) is 11.5 Å². The molecule has 2 aromatic rings. The fraction of sp³-hybridized carbons (Fsp3) is 0.450. The van der Waals surface area contributed by atoms with Crippen molar-refractivity contribution in [2.24, 2.45) is 0 Å². The summed E-state index contributed by atoms with van der Waals surface area (Å²) in [5, 5.41) is 8.71. The number of carbonyl (C=O) groups is 1. The van der Waals surface area contributed by atoms with Gasteiger partial charge in [-0.05, 0) is 36.4 Å². The number of aliphatic hydroxyl groups excluding tert-OH is 1. The fourth-order valence-corrected chi connectivity index (χ4v) is 3.05. The van der Waals surface area contributed by atoms with Crippen LogP contribution in [0.25, 0.3) is 11.3 Å². The highest BCUT2D eigenvalue weighted by molar-refractivity contribution is 5.92. The van der Waals surface area contributed by atoms with Crippen molar-refractivity contribution in [3.05, 3.63) is 42.2 Å². The molecule has 27 heavy (non-hydrogen) atoms. The molecule has 146 valence electrons. The lowest BCUT2D eigenvalue weighted by molar-refractivity contribution is 0.0470. The first-order valence-corrected chi connectivity index (χ1v) is 9.16. The van der Waals surface area contributed by atoms with Gasteiger partial charge >= 0.3 is 0 Å². The maximum atomic E-state index is 12.7. The minimum absolute atomic E-state index is 0.0456. The van der Waals surface area contributed by atoms with Crippen LogP contribution in [0.5, 0.6) is 5.75 Å². The Labute approximate surface area is 159 Å². The Morgan fingerprint density at radius 3 is 2.48 bits per heavy atom. The van der Waals surface area contributed by atoms with Gasteiger partial charge in [0.25, 0.3) is 5.91 Å². The quantitative estimate of drug-likeness (QED) is 0.709. The predicted octanol–water partition coefficient (Wildman–Crippen LogP) is 1.72. The van der Waals surface area contributed by atoms with E-state index in [-0.39, 0.29) is 12.5 Å². The average molecular weight is 374 g/mol. The van der Waals surface area contributed by atoms with Gasteiger partial charge in [0.2, 0.25) is 0 Å². The van der Waals surface area contributed by atoms with Crippen molar-refractivity contribution in [2.75, 3.05) is 59.7 Å². The van der Waals surface area contributed by atoms with E-state index in [2.05, 4.69) is 4.90 Å². The zero-order valence-electron chi connectivity index (χ0n) is 15.6. The normalized spacial score (nSPS) is 15.1. The van der Waals surface area contributed by atoms with Gasteiger partial charge in [-0.1, -0.05) is 0 Å². The molecule has 0 saturated carbocycles. The molecule has 1 aliphatic rings. The van der Waals surface area contributed by atoms with E-state index in [1.165, 1.54) is 0 Å². The largest absolute Gasteiger partial charge is 0.497 e. The van der Waals surface area contributed by atoms with Gasteiger partial charge in [-0.2, -0.15) is 0 Å². The smallest absolute Gasteiger partial charge is 0.289 e. The predicted molar refractivity (Wildman–Crippen MR) is 101 cm³/mol. The van der Waals surface area contributed by atoms with Crippen molar-refractivity contribution in [2.45, 2.75) is 0 Å². The highest BCUT2D eigenvalue weighted by Crippen LogP contribution is 2.25. The van der Waals surface area contributed by atoms with Crippen LogP contribution in [-0.2, 0) is 4.74 Å². The fourth-order valence-electron chi connectivity index (χ4n) is 3.05. The van der Waals surface area contributed by atoms with E-state index in [9.17, 15) is 4.79 Å². The van der Waals surface area contributed by atoms with Gasteiger partial charge in [-0.25, -0.2) is 0 Å². The summed E-state index contributed by atoms with van der Waals surface area (Å²) in [6, 6.07) is 11.1. The molecule has 1 fully saturated rings. The Bertz CT molecular complexity index is 720. The van der Waals surface area contributed by atoms with Crippen LogP contribution in [0.2, 0.25) is 0 Å². The second kappa shape index (κ2) is 9.55. The topological polar surface area (TPSA) is 75.4 Å². The molecule has 0 bridgehead atoms. The van der Waals surface area contributed by atoms with Crippen LogP contribution < -0.4 is 4.74 Å². The van der Waals surface area contributed by atoms with E-state index < -0.39 is 0 Å². The summed E-state index contributed by atoms with van der Waals surface area (Å²) in [6.07, 6.45) is 0. The molecule has 7 heteroatoms.